The number of amides is 1. The Morgan fingerprint density at radius 3 is 2.62 bits per heavy atom. The minimum Gasteiger partial charge on any atom is -0.497 e. The van der Waals surface area contributed by atoms with E-state index in [1.165, 1.54) is 0 Å². The number of fused-ring (bicyclic) bond motifs is 1. The molecule has 4 nitrogen and oxygen atoms in total. The summed E-state index contributed by atoms with van der Waals surface area (Å²) >= 11 is 3.38. The molecule has 1 aliphatic rings. The lowest BCUT2D eigenvalue weighted by atomic mass is 9.89. The van der Waals surface area contributed by atoms with E-state index in [1.807, 2.05) is 44.2 Å². The Morgan fingerprint density at radius 1 is 1.25 bits per heavy atom. The Balaban J connectivity index is 1.88. The molecule has 3 rings (SSSR count). The number of carbonyl (C=O) groups excluding carboxylic acids is 1. The highest BCUT2D eigenvalue weighted by molar-refractivity contribution is 9.10. The Kier molecular flexibility index (Phi) is 4.54. The van der Waals surface area contributed by atoms with Crippen molar-refractivity contribution in [1.29, 1.82) is 0 Å². The van der Waals surface area contributed by atoms with Gasteiger partial charge in [0.1, 0.15) is 17.1 Å². The average molecular weight is 390 g/mol. The van der Waals surface area contributed by atoms with Crippen LogP contribution >= 0.6 is 15.9 Å². The number of benzene rings is 2. The highest BCUT2D eigenvalue weighted by Crippen LogP contribution is 2.41. The van der Waals surface area contributed by atoms with Crippen molar-refractivity contribution in [1.82, 2.24) is 5.32 Å². The lowest BCUT2D eigenvalue weighted by Crippen LogP contribution is -2.41. The lowest BCUT2D eigenvalue weighted by molar-refractivity contribution is 0.0617. The van der Waals surface area contributed by atoms with Crippen molar-refractivity contribution in [2.24, 2.45) is 0 Å². The van der Waals surface area contributed by atoms with Gasteiger partial charge in [0.2, 0.25) is 0 Å². The van der Waals surface area contributed by atoms with Crippen molar-refractivity contribution < 1.29 is 14.3 Å². The number of hydrogen-bond donors (Lipinski definition) is 1. The summed E-state index contributed by atoms with van der Waals surface area (Å²) in [5.74, 6) is 1.41. The van der Waals surface area contributed by atoms with Gasteiger partial charge in [0.25, 0.3) is 5.91 Å². The molecule has 0 radical (unpaired) electrons. The fourth-order valence-corrected chi connectivity index (χ4v) is 3.19. The number of ether oxygens (including phenoxy) is 2. The predicted molar refractivity (Wildman–Crippen MR) is 96.7 cm³/mol. The number of halogens is 1. The Bertz CT molecular complexity index is 756. The van der Waals surface area contributed by atoms with Crippen LogP contribution in [0.5, 0.6) is 11.5 Å². The van der Waals surface area contributed by atoms with Crippen LogP contribution in [-0.2, 0) is 0 Å². The zero-order chi connectivity index (χ0) is 17.3. The van der Waals surface area contributed by atoms with Crippen LogP contribution in [0.2, 0.25) is 0 Å². The largest absolute Gasteiger partial charge is 0.497 e. The average Bonchev–Trinajstić information content (AvgIpc) is 2.53. The minimum atomic E-state index is -0.364. The zero-order valence-electron chi connectivity index (χ0n) is 13.9. The van der Waals surface area contributed by atoms with E-state index in [-0.39, 0.29) is 17.6 Å². The van der Waals surface area contributed by atoms with Crippen LogP contribution < -0.4 is 14.8 Å². The second-order valence-corrected chi connectivity index (χ2v) is 7.42. The summed E-state index contributed by atoms with van der Waals surface area (Å²) in [7, 11) is 1.63. The van der Waals surface area contributed by atoms with Gasteiger partial charge in [-0.1, -0.05) is 15.9 Å². The van der Waals surface area contributed by atoms with E-state index >= 15 is 0 Å². The third-order valence-electron chi connectivity index (χ3n) is 4.09. The first-order valence-corrected chi connectivity index (χ1v) is 8.61. The second-order valence-electron chi connectivity index (χ2n) is 6.50. The van der Waals surface area contributed by atoms with Gasteiger partial charge in [0, 0.05) is 28.1 Å². The van der Waals surface area contributed by atoms with E-state index in [2.05, 4.69) is 21.2 Å². The molecule has 1 N–H and O–H groups in total. The molecular formula is C19H20BrNO3. The Morgan fingerprint density at radius 2 is 1.96 bits per heavy atom. The molecule has 0 spiro atoms. The number of methoxy groups -OCH3 is 1. The van der Waals surface area contributed by atoms with Gasteiger partial charge in [-0.3, -0.25) is 4.79 Å². The van der Waals surface area contributed by atoms with E-state index < -0.39 is 0 Å². The van der Waals surface area contributed by atoms with Gasteiger partial charge >= 0.3 is 0 Å². The van der Waals surface area contributed by atoms with E-state index in [4.69, 9.17) is 9.47 Å². The summed E-state index contributed by atoms with van der Waals surface area (Å²) in [5, 5.41) is 3.13. The zero-order valence-corrected chi connectivity index (χ0v) is 15.5. The molecule has 2 aromatic rings. The molecule has 0 saturated heterocycles. The van der Waals surface area contributed by atoms with E-state index in [0.717, 1.165) is 21.5 Å². The fourth-order valence-electron chi connectivity index (χ4n) is 2.93. The molecule has 0 fully saturated rings. The van der Waals surface area contributed by atoms with Crippen molar-refractivity contribution in [3.05, 3.63) is 58.1 Å². The van der Waals surface area contributed by atoms with Crippen LogP contribution in [0.1, 0.15) is 42.2 Å². The maximum Gasteiger partial charge on any atom is 0.251 e. The molecule has 0 aliphatic carbocycles. The second kappa shape index (κ2) is 6.48. The first-order valence-electron chi connectivity index (χ1n) is 7.81. The SMILES string of the molecule is COc1ccc2c(c1)OC(C)(C)CC2NC(=O)c1ccc(Br)cc1. The molecule has 5 heteroatoms. The molecule has 2 aromatic carbocycles. The maximum atomic E-state index is 12.6. The summed E-state index contributed by atoms with van der Waals surface area (Å²) in [5.41, 5.74) is 1.25. The standard InChI is InChI=1S/C19H20BrNO3/c1-19(2)11-16(15-9-8-14(23-3)10-17(15)24-19)21-18(22)12-4-6-13(20)7-5-12/h4-10,16H,11H2,1-3H3,(H,21,22). The topological polar surface area (TPSA) is 47.6 Å². The van der Waals surface area contributed by atoms with Gasteiger partial charge in [0.05, 0.1) is 13.2 Å². The van der Waals surface area contributed by atoms with Crippen LogP contribution in [0.15, 0.2) is 46.9 Å². The van der Waals surface area contributed by atoms with E-state index in [0.29, 0.717) is 12.0 Å². The summed E-state index contributed by atoms with van der Waals surface area (Å²) in [6, 6.07) is 12.9. The number of carbonyl (C=O) groups is 1. The molecule has 126 valence electrons. The van der Waals surface area contributed by atoms with E-state index in [9.17, 15) is 4.79 Å². The normalized spacial score (nSPS) is 18.2. The maximum absolute atomic E-state index is 12.6. The van der Waals surface area contributed by atoms with Crippen molar-refractivity contribution in [3.63, 3.8) is 0 Å². The Labute approximate surface area is 150 Å². The molecule has 1 aliphatic heterocycles. The van der Waals surface area contributed by atoms with Gasteiger partial charge in [0.15, 0.2) is 0 Å². The molecule has 24 heavy (non-hydrogen) atoms. The van der Waals surface area contributed by atoms with Gasteiger partial charge in [-0.2, -0.15) is 0 Å². The molecule has 1 amide bonds. The van der Waals surface area contributed by atoms with Crippen LogP contribution in [0.25, 0.3) is 0 Å². The van der Waals surface area contributed by atoms with Crippen LogP contribution in [0, 0.1) is 0 Å². The summed E-state index contributed by atoms with van der Waals surface area (Å²) < 4.78 is 12.3. The molecular weight excluding hydrogens is 370 g/mol. The molecule has 0 bridgehead atoms. The number of rotatable bonds is 3. The fraction of sp³-hybridized carbons (Fsp3) is 0.316. The molecule has 1 unspecified atom stereocenters. The predicted octanol–water partition coefficient (Wildman–Crippen LogP) is 4.49. The highest BCUT2D eigenvalue weighted by atomic mass is 79.9. The monoisotopic (exact) mass is 389 g/mol. The van der Waals surface area contributed by atoms with Gasteiger partial charge in [-0.25, -0.2) is 0 Å². The van der Waals surface area contributed by atoms with Crippen molar-refractivity contribution in [2.75, 3.05) is 7.11 Å². The lowest BCUT2D eigenvalue weighted by Gasteiger charge is -2.38. The van der Waals surface area contributed by atoms with Gasteiger partial charge in [-0.15, -0.1) is 0 Å². The third kappa shape index (κ3) is 3.56. The summed E-state index contributed by atoms with van der Waals surface area (Å²) in [6.07, 6.45) is 0.703. The van der Waals surface area contributed by atoms with E-state index in [1.54, 1.807) is 19.2 Å². The first-order chi connectivity index (χ1) is 11.4. The minimum absolute atomic E-state index is 0.0908. The van der Waals surface area contributed by atoms with Gasteiger partial charge < -0.3 is 14.8 Å². The molecule has 1 atom stereocenters. The van der Waals surface area contributed by atoms with Crippen molar-refractivity contribution >= 4 is 21.8 Å². The quantitative estimate of drug-likeness (QED) is 0.840. The van der Waals surface area contributed by atoms with Crippen LogP contribution in [-0.4, -0.2) is 18.6 Å². The van der Waals surface area contributed by atoms with Crippen LogP contribution in [0.3, 0.4) is 0 Å². The van der Waals surface area contributed by atoms with Crippen molar-refractivity contribution in [3.8, 4) is 11.5 Å². The highest BCUT2D eigenvalue weighted by Gasteiger charge is 2.34. The third-order valence-corrected chi connectivity index (χ3v) is 4.62. The molecule has 0 aromatic heterocycles. The summed E-state index contributed by atoms with van der Waals surface area (Å²) in [6.45, 7) is 4.04. The number of nitrogens with one attached hydrogen (secondary N) is 1. The smallest absolute Gasteiger partial charge is 0.251 e. The first kappa shape index (κ1) is 16.8. The Hall–Kier alpha value is -2.01. The molecule has 0 saturated carbocycles. The summed E-state index contributed by atoms with van der Waals surface area (Å²) in [4.78, 5) is 12.6. The van der Waals surface area contributed by atoms with Crippen LogP contribution in [0.4, 0.5) is 0 Å². The van der Waals surface area contributed by atoms with Gasteiger partial charge in [-0.05, 0) is 50.2 Å². The number of hydrogen-bond acceptors (Lipinski definition) is 3. The van der Waals surface area contributed by atoms with Crippen molar-refractivity contribution in [2.45, 2.75) is 31.9 Å². The molecule has 1 heterocycles.